The smallest absolute Gasteiger partial charge is 0.430 e. The molecule has 0 N–H and O–H groups in total. The second-order valence-electron chi connectivity index (χ2n) is 10.3. The number of hydrogen-bond donors (Lipinski definition) is 0. The number of rotatable bonds is 5. The Balaban J connectivity index is 1.75. The molecule has 5 nitrogen and oxygen atoms in total. The van der Waals surface area contributed by atoms with Crippen molar-refractivity contribution in [3.05, 3.63) is 35.9 Å². The first-order valence-corrected chi connectivity index (χ1v) is 11.4. The molecule has 30 heavy (non-hydrogen) atoms. The van der Waals surface area contributed by atoms with Gasteiger partial charge in [0.25, 0.3) is 0 Å². The quantitative estimate of drug-likeness (QED) is 0.607. The number of ether oxygens (including phenoxy) is 2. The van der Waals surface area contributed by atoms with Gasteiger partial charge < -0.3 is 9.47 Å². The summed E-state index contributed by atoms with van der Waals surface area (Å²) in [6.45, 7) is 13.5. The average molecular weight is 415 g/mol. The van der Waals surface area contributed by atoms with Gasteiger partial charge in [-0.15, -0.1) is 0 Å². The maximum atomic E-state index is 12.6. The van der Waals surface area contributed by atoms with Crippen molar-refractivity contribution in [2.24, 2.45) is 22.9 Å². The molecule has 1 aliphatic heterocycles. The highest BCUT2D eigenvalue weighted by atomic mass is 16.6. The van der Waals surface area contributed by atoms with Crippen molar-refractivity contribution in [1.82, 2.24) is 5.01 Å². The van der Waals surface area contributed by atoms with Gasteiger partial charge >= 0.3 is 6.09 Å². The molecule has 0 spiro atoms. The summed E-state index contributed by atoms with van der Waals surface area (Å²) < 4.78 is 12.0. The Morgan fingerprint density at radius 3 is 2.53 bits per heavy atom. The molecule has 4 atom stereocenters. The first-order chi connectivity index (χ1) is 14.1. The van der Waals surface area contributed by atoms with Crippen LogP contribution in [-0.4, -0.2) is 41.7 Å². The van der Waals surface area contributed by atoms with Crippen LogP contribution < -0.4 is 0 Å². The molecule has 0 saturated heterocycles. The average Bonchev–Trinajstić information content (AvgIpc) is 3.10. The van der Waals surface area contributed by atoms with Gasteiger partial charge in [0, 0.05) is 5.92 Å². The second kappa shape index (κ2) is 9.51. The lowest BCUT2D eigenvalue weighted by Gasteiger charge is -2.37. The molecule has 1 heterocycles. The summed E-state index contributed by atoms with van der Waals surface area (Å²) in [4.78, 5) is 12.6. The predicted molar refractivity (Wildman–Crippen MR) is 121 cm³/mol. The number of hydrogen-bond acceptors (Lipinski definition) is 4. The Kier molecular flexibility index (Phi) is 7.22. The predicted octanol–water partition coefficient (Wildman–Crippen LogP) is 5.85. The van der Waals surface area contributed by atoms with Crippen molar-refractivity contribution in [3.8, 4) is 0 Å². The zero-order valence-electron chi connectivity index (χ0n) is 19.4. The molecule has 0 unspecified atom stereocenters. The van der Waals surface area contributed by atoms with Crippen LogP contribution in [0.25, 0.3) is 0 Å². The largest absolute Gasteiger partial charge is 0.442 e. The van der Waals surface area contributed by atoms with Crippen molar-refractivity contribution < 1.29 is 14.3 Å². The number of nitrogens with zero attached hydrogens (tertiary/aromatic N) is 2. The van der Waals surface area contributed by atoms with E-state index in [1.807, 2.05) is 39.0 Å². The van der Waals surface area contributed by atoms with Gasteiger partial charge in [0.2, 0.25) is 0 Å². The van der Waals surface area contributed by atoms with Crippen LogP contribution in [-0.2, 0) is 9.47 Å². The molecule has 1 aromatic carbocycles. The summed E-state index contributed by atoms with van der Waals surface area (Å²) in [5, 5.41) is 6.12. The topological polar surface area (TPSA) is 51.1 Å². The van der Waals surface area contributed by atoms with Crippen LogP contribution in [0.1, 0.15) is 72.3 Å². The van der Waals surface area contributed by atoms with Crippen LogP contribution in [0.2, 0.25) is 0 Å². The minimum atomic E-state index is -0.545. The lowest BCUT2D eigenvalue weighted by Crippen LogP contribution is -2.36. The summed E-state index contributed by atoms with van der Waals surface area (Å²) in [6, 6.07) is 10.3. The molecule has 1 aromatic rings. The van der Waals surface area contributed by atoms with Gasteiger partial charge in [0.05, 0.1) is 25.0 Å². The van der Waals surface area contributed by atoms with E-state index < -0.39 is 11.7 Å². The maximum Gasteiger partial charge on any atom is 0.430 e. The van der Waals surface area contributed by atoms with E-state index in [4.69, 9.17) is 9.47 Å². The van der Waals surface area contributed by atoms with E-state index in [0.29, 0.717) is 30.9 Å². The molecule has 166 valence electrons. The van der Waals surface area contributed by atoms with Gasteiger partial charge in [-0.3, -0.25) is 0 Å². The minimum Gasteiger partial charge on any atom is -0.442 e. The second-order valence-corrected chi connectivity index (χ2v) is 10.3. The van der Waals surface area contributed by atoms with Gasteiger partial charge in [-0.1, -0.05) is 57.5 Å². The SMILES string of the molecule is CC(C)[C@@H]1CC[C@@H](C)C[C@H]1OCC1=NN(C(=O)OC(C)(C)C)C[C@@H]1c1ccccc1. The summed E-state index contributed by atoms with van der Waals surface area (Å²) in [5.74, 6) is 1.92. The van der Waals surface area contributed by atoms with Gasteiger partial charge in [-0.05, 0) is 56.9 Å². The molecule has 1 saturated carbocycles. The summed E-state index contributed by atoms with van der Waals surface area (Å²) in [6.07, 6.45) is 3.46. The Morgan fingerprint density at radius 1 is 1.20 bits per heavy atom. The van der Waals surface area contributed by atoms with Crippen molar-refractivity contribution in [3.63, 3.8) is 0 Å². The van der Waals surface area contributed by atoms with Crippen LogP contribution in [0, 0.1) is 17.8 Å². The Bertz CT molecular complexity index is 739. The monoisotopic (exact) mass is 414 g/mol. The molecular weight excluding hydrogens is 376 g/mol. The molecule has 1 amide bonds. The van der Waals surface area contributed by atoms with Crippen LogP contribution in [0.5, 0.6) is 0 Å². The third-order valence-electron chi connectivity index (χ3n) is 6.22. The lowest BCUT2D eigenvalue weighted by atomic mass is 9.75. The van der Waals surface area contributed by atoms with Gasteiger partial charge in [-0.25, -0.2) is 4.79 Å². The number of amides is 1. The number of benzene rings is 1. The highest BCUT2D eigenvalue weighted by Crippen LogP contribution is 2.36. The maximum absolute atomic E-state index is 12.6. The van der Waals surface area contributed by atoms with E-state index in [-0.39, 0.29) is 12.0 Å². The molecule has 0 aromatic heterocycles. The fourth-order valence-electron chi connectivity index (χ4n) is 4.59. The van der Waals surface area contributed by atoms with Crippen LogP contribution in [0.3, 0.4) is 0 Å². The molecule has 0 bridgehead atoms. The molecule has 5 heteroatoms. The third kappa shape index (κ3) is 5.84. The zero-order valence-corrected chi connectivity index (χ0v) is 19.4. The van der Waals surface area contributed by atoms with Crippen molar-refractivity contribution in [2.75, 3.05) is 13.2 Å². The summed E-state index contributed by atoms with van der Waals surface area (Å²) in [5.41, 5.74) is 1.52. The van der Waals surface area contributed by atoms with Crippen molar-refractivity contribution in [1.29, 1.82) is 0 Å². The van der Waals surface area contributed by atoms with Crippen LogP contribution in [0.15, 0.2) is 35.4 Å². The summed E-state index contributed by atoms with van der Waals surface area (Å²) >= 11 is 0. The molecule has 0 radical (unpaired) electrons. The Hall–Kier alpha value is -1.88. The van der Waals surface area contributed by atoms with E-state index in [1.54, 1.807) is 0 Å². The van der Waals surface area contributed by atoms with E-state index in [1.165, 1.54) is 17.9 Å². The molecule has 2 aliphatic rings. The minimum absolute atomic E-state index is 0.0391. The fourth-order valence-corrected chi connectivity index (χ4v) is 4.59. The normalized spacial score (nSPS) is 27.3. The van der Waals surface area contributed by atoms with Crippen molar-refractivity contribution >= 4 is 11.8 Å². The molecular formula is C25H38N2O3. The summed E-state index contributed by atoms with van der Waals surface area (Å²) in [7, 11) is 0. The zero-order chi connectivity index (χ0) is 21.9. The highest BCUT2D eigenvalue weighted by Gasteiger charge is 2.36. The Morgan fingerprint density at radius 2 is 1.90 bits per heavy atom. The number of carbonyl (C=O) groups excluding carboxylic acids is 1. The van der Waals surface area contributed by atoms with Gasteiger partial charge in [-0.2, -0.15) is 10.1 Å². The van der Waals surface area contributed by atoms with E-state index in [9.17, 15) is 4.79 Å². The third-order valence-corrected chi connectivity index (χ3v) is 6.22. The Labute approximate surface area is 181 Å². The van der Waals surface area contributed by atoms with E-state index in [0.717, 1.165) is 17.7 Å². The number of carbonyl (C=O) groups is 1. The molecule has 1 fully saturated rings. The van der Waals surface area contributed by atoms with Crippen LogP contribution >= 0.6 is 0 Å². The van der Waals surface area contributed by atoms with Gasteiger partial charge in [0.1, 0.15) is 5.60 Å². The van der Waals surface area contributed by atoms with Gasteiger partial charge in [0.15, 0.2) is 0 Å². The van der Waals surface area contributed by atoms with Crippen molar-refractivity contribution in [2.45, 2.75) is 78.4 Å². The van der Waals surface area contributed by atoms with E-state index in [2.05, 4.69) is 38.0 Å². The fraction of sp³-hybridized carbons (Fsp3) is 0.680. The molecule has 3 rings (SSSR count). The lowest BCUT2D eigenvalue weighted by molar-refractivity contribution is -0.0224. The first kappa shape index (κ1) is 22.8. The first-order valence-electron chi connectivity index (χ1n) is 11.4. The standard InChI is InChI=1S/C25H38N2O3/c1-17(2)20-13-12-18(3)14-23(20)29-16-22-21(19-10-8-7-9-11-19)15-27(26-22)24(28)30-25(4,5)6/h7-11,17-18,20-21,23H,12-16H2,1-6H3/t18-,20+,21-,23-/m1/s1. The van der Waals surface area contributed by atoms with E-state index >= 15 is 0 Å². The number of hydrazone groups is 1. The highest BCUT2D eigenvalue weighted by molar-refractivity contribution is 5.95. The molecule has 1 aliphatic carbocycles. The van der Waals surface area contributed by atoms with Crippen LogP contribution in [0.4, 0.5) is 4.79 Å².